The minimum Gasteiger partial charge on any atom is -0.436 e. The summed E-state index contributed by atoms with van der Waals surface area (Å²) in [5.41, 5.74) is 11.4. The Morgan fingerprint density at radius 1 is 0.232 bits per heavy atom. The van der Waals surface area contributed by atoms with Crippen molar-refractivity contribution in [2.45, 2.75) is 69.6 Å². The van der Waals surface area contributed by atoms with E-state index in [1.54, 1.807) is 43.4 Å². The summed E-state index contributed by atoms with van der Waals surface area (Å²) in [5.74, 6) is 8.44. The fraction of sp³-hybridized carbons (Fsp3) is 0.128. The van der Waals surface area contributed by atoms with Crippen molar-refractivity contribution in [1.29, 1.82) is 0 Å². The van der Waals surface area contributed by atoms with Gasteiger partial charge in [-0.15, -0.1) is 30.6 Å². The average Bonchev–Trinajstić information content (AvgIpc) is 1.72. The van der Waals surface area contributed by atoms with Crippen LogP contribution in [-0.2, 0) is 57.5 Å². The molecule has 39 nitrogen and oxygen atoms in total. The van der Waals surface area contributed by atoms with E-state index in [0.717, 1.165) is 68.2 Å². The maximum absolute atomic E-state index is 8.12. The van der Waals surface area contributed by atoms with Gasteiger partial charge < -0.3 is 28.4 Å². The molecule has 125 heavy (non-hydrogen) atoms. The van der Waals surface area contributed by atoms with Gasteiger partial charge >= 0.3 is 36.9 Å². The monoisotopic (exact) mass is 1690 g/mol. The molecule has 0 spiro atoms. The highest BCUT2D eigenvalue weighted by atomic mass is 16.5. The van der Waals surface area contributed by atoms with Crippen LogP contribution >= 0.6 is 0 Å². The summed E-state index contributed by atoms with van der Waals surface area (Å²) in [6.07, 6.45) is 31.4. The third-order valence-electron chi connectivity index (χ3n) is 16.8. The number of ether oxygens (including phenoxy) is 6. The SMILES string of the molecule is O=C=O.O=C=O.O=C=O.O=C=O.O=C=O.O=C=O.c1cc(C2CCCC2)ccc1Oc1cn[nH]n1.c1cc(C2CCCCC2)ccc1Oc1cn[nH]n1.c1ccc(-c2ccc(Oc3cn[nH]n3)cc2)cc1.c1ccc(-c2ccc(Oc3cn[nH]n3)cn2)cc1.c1ccc(-c2cncc(Oc3cn[nH]n3)c2)cc1.c1ccc(-c2cncc(Oc3cn[nH]n3)c2)cc1. The van der Waals surface area contributed by atoms with Crippen LogP contribution in [-0.4, -0.2) is 144 Å². The Labute approximate surface area is 708 Å². The van der Waals surface area contributed by atoms with Crippen LogP contribution in [0.25, 0.3) is 44.6 Å². The molecule has 16 aromatic rings. The second-order valence-corrected chi connectivity index (χ2v) is 24.6. The lowest BCUT2D eigenvalue weighted by atomic mass is 9.84. The lowest BCUT2D eigenvalue weighted by Crippen LogP contribution is -2.04. The Balaban J connectivity index is 0.000000198. The number of nitrogens with zero attached hydrogens (tertiary/aromatic N) is 15. The highest BCUT2D eigenvalue weighted by Crippen LogP contribution is 2.37. The topological polar surface area (TPSA) is 548 Å². The zero-order valence-electron chi connectivity index (χ0n) is 65.7. The van der Waals surface area contributed by atoms with Crippen molar-refractivity contribution in [2.24, 2.45) is 0 Å². The standard InChI is InChI=1S/C14H17N3O.C14H11N3O.3C13H10N4O.C13H15N3O.6CO2/c2*1-2-4-11(5-3-1)12-6-8-13(9-7-12)18-14-10-15-17-16-14;2*1-2-4-10(5-3-1)11-6-12(8-14-7-11)18-13-9-15-17-16-13;1-2-4-10(5-3-1)12-7-6-11(8-14-12)18-13-9-15-17-16-13;1-2-4-10(3-1)11-5-7-12(8-6-11)17-13-9-14-16-15-13;6*2-1-3/h6-11H,1-5H2,(H,15,16,17);1-10H,(H,15,16,17);3*1-9H,(H,15,16,17);5-10H,1-4H2,(H,14,15,16);;;;;;. The largest absolute Gasteiger partial charge is 0.436 e. The summed E-state index contributed by atoms with van der Waals surface area (Å²) < 4.78 is 33.1. The van der Waals surface area contributed by atoms with Gasteiger partial charge in [-0.25, -0.2) is 0 Å². The van der Waals surface area contributed by atoms with E-state index >= 15 is 0 Å². The van der Waals surface area contributed by atoms with Crippen LogP contribution in [0.3, 0.4) is 0 Å². The Morgan fingerprint density at radius 2 is 0.480 bits per heavy atom. The van der Waals surface area contributed by atoms with Gasteiger partial charge in [0.2, 0.25) is 0 Å². The number of H-pyrrole nitrogens is 6. The van der Waals surface area contributed by atoms with E-state index < -0.39 is 0 Å². The summed E-state index contributed by atoms with van der Waals surface area (Å²) in [5, 5.41) is 60.1. The van der Waals surface area contributed by atoms with Crippen LogP contribution in [0, 0.1) is 0 Å². The molecule has 0 bridgehead atoms. The fourth-order valence-corrected chi connectivity index (χ4v) is 11.6. The molecule has 0 unspecified atom stereocenters. The summed E-state index contributed by atoms with van der Waals surface area (Å²) in [4.78, 5) is 110. The molecular weight excluding hydrogens is 1620 g/mol. The van der Waals surface area contributed by atoms with Crippen molar-refractivity contribution >= 4 is 36.9 Å². The molecule has 630 valence electrons. The van der Waals surface area contributed by atoms with E-state index in [0.29, 0.717) is 52.5 Å². The first kappa shape index (κ1) is 94.1. The van der Waals surface area contributed by atoms with E-state index in [4.69, 9.17) is 86.0 Å². The minimum absolute atomic E-state index is 0.250. The second-order valence-electron chi connectivity index (χ2n) is 24.6. The molecular formula is C86H73N21O18. The average molecular weight is 1690 g/mol. The quantitative estimate of drug-likeness (QED) is 0.0464. The smallest absolute Gasteiger partial charge is 0.373 e. The Hall–Kier alpha value is -18.1. The van der Waals surface area contributed by atoms with Crippen LogP contribution in [0.15, 0.2) is 287 Å². The first-order chi connectivity index (χ1) is 61.5. The zero-order chi connectivity index (χ0) is 88.8. The number of hydrogen-bond donors (Lipinski definition) is 6. The summed E-state index contributed by atoms with van der Waals surface area (Å²) in [6.45, 7) is 0. The number of rotatable bonds is 18. The zero-order valence-corrected chi connectivity index (χ0v) is 65.7. The molecule has 2 aliphatic rings. The van der Waals surface area contributed by atoms with Crippen molar-refractivity contribution in [2.75, 3.05) is 0 Å². The molecule has 18 rings (SSSR count). The van der Waals surface area contributed by atoms with Crippen molar-refractivity contribution in [3.63, 3.8) is 0 Å². The third kappa shape index (κ3) is 35.7. The minimum atomic E-state index is 0.250. The number of pyridine rings is 3. The number of carbonyl (C=O) groups excluding carboxylic acids is 12. The lowest BCUT2D eigenvalue weighted by Gasteiger charge is -2.21. The normalized spacial score (nSPS) is 10.9. The first-order valence-corrected chi connectivity index (χ1v) is 37.0. The van der Waals surface area contributed by atoms with Crippen molar-refractivity contribution in [3.05, 3.63) is 298 Å². The van der Waals surface area contributed by atoms with Crippen LogP contribution < -0.4 is 28.4 Å². The fourth-order valence-electron chi connectivity index (χ4n) is 11.6. The van der Waals surface area contributed by atoms with Crippen LogP contribution in [0.5, 0.6) is 69.8 Å². The molecule has 2 fully saturated rings. The predicted octanol–water partition coefficient (Wildman–Crippen LogP) is 14.6. The highest BCUT2D eigenvalue weighted by molar-refractivity contribution is 5.66. The summed E-state index contributed by atoms with van der Waals surface area (Å²) >= 11 is 0. The van der Waals surface area contributed by atoms with E-state index in [9.17, 15) is 0 Å². The maximum Gasteiger partial charge on any atom is 0.373 e. The molecule has 0 radical (unpaired) electrons. The van der Waals surface area contributed by atoms with Gasteiger partial charge in [-0.1, -0.05) is 190 Å². The van der Waals surface area contributed by atoms with Crippen molar-refractivity contribution < 1.29 is 86.0 Å². The lowest BCUT2D eigenvalue weighted by molar-refractivity contribution is -0.193. The predicted molar refractivity (Wildman–Crippen MR) is 430 cm³/mol. The van der Waals surface area contributed by atoms with Gasteiger partial charge in [0.1, 0.15) is 71.7 Å². The van der Waals surface area contributed by atoms with E-state index in [-0.39, 0.29) is 36.9 Å². The molecule has 2 saturated carbocycles. The van der Waals surface area contributed by atoms with Gasteiger partial charge in [0, 0.05) is 29.1 Å². The molecule has 7 aromatic carbocycles. The number of benzene rings is 7. The molecule has 2 aliphatic carbocycles. The van der Waals surface area contributed by atoms with Crippen molar-refractivity contribution in [1.82, 2.24) is 107 Å². The Bertz CT molecular complexity index is 5420. The number of aromatic amines is 6. The molecule has 9 aromatic heterocycles. The molecule has 0 atom stereocenters. The van der Waals surface area contributed by atoms with E-state index in [2.05, 4.69) is 144 Å². The first-order valence-electron chi connectivity index (χ1n) is 37.0. The van der Waals surface area contributed by atoms with Gasteiger partial charge in [0.25, 0.3) is 35.3 Å². The third-order valence-corrected chi connectivity index (χ3v) is 16.8. The summed E-state index contributed by atoms with van der Waals surface area (Å²) in [6, 6.07) is 72.3. The van der Waals surface area contributed by atoms with Gasteiger partial charge in [-0.3, -0.25) is 15.0 Å². The molecule has 0 saturated heterocycles. The summed E-state index contributed by atoms with van der Waals surface area (Å²) in [7, 11) is 0. The Kier molecular flexibility index (Phi) is 42.9. The van der Waals surface area contributed by atoms with E-state index in [1.807, 2.05) is 182 Å². The maximum atomic E-state index is 8.12. The molecule has 6 N–H and O–H groups in total. The van der Waals surface area contributed by atoms with E-state index in [1.165, 1.54) is 99.3 Å². The van der Waals surface area contributed by atoms with Gasteiger partial charge in [-0.2, -0.15) is 119 Å². The number of hydrogen-bond acceptors (Lipinski definition) is 33. The van der Waals surface area contributed by atoms with Gasteiger partial charge in [0.05, 0.1) is 24.3 Å². The number of nitrogens with one attached hydrogen (secondary N) is 6. The second kappa shape index (κ2) is 57.1. The van der Waals surface area contributed by atoms with Gasteiger partial charge in [-0.05, 0) is 132 Å². The van der Waals surface area contributed by atoms with Crippen LogP contribution in [0.1, 0.15) is 80.8 Å². The van der Waals surface area contributed by atoms with Crippen LogP contribution in [0.2, 0.25) is 0 Å². The van der Waals surface area contributed by atoms with Gasteiger partial charge in [0.15, 0.2) is 0 Å². The molecule has 0 amide bonds. The highest BCUT2D eigenvalue weighted by Gasteiger charge is 2.18. The molecule has 0 aliphatic heterocycles. The molecule has 39 heteroatoms. The Morgan fingerprint density at radius 3 is 0.760 bits per heavy atom. The van der Waals surface area contributed by atoms with Crippen molar-refractivity contribution in [3.8, 4) is 114 Å². The van der Waals surface area contributed by atoms with Crippen LogP contribution in [0.4, 0.5) is 0 Å². The number of aromatic nitrogens is 21. The molecule has 9 heterocycles.